The predicted molar refractivity (Wildman–Crippen MR) is 47.5 cm³/mol. The lowest BCUT2D eigenvalue weighted by molar-refractivity contribution is -0.727. The van der Waals surface area contributed by atoms with E-state index in [1.54, 1.807) is 11.5 Å². The first-order valence-corrected chi connectivity index (χ1v) is 3.97. The van der Waals surface area contributed by atoms with Gasteiger partial charge in [0.15, 0.2) is 12.4 Å². The van der Waals surface area contributed by atoms with Gasteiger partial charge in [0.2, 0.25) is 0 Å². The Morgan fingerprint density at radius 2 is 2.00 bits per heavy atom. The highest BCUT2D eigenvalue weighted by Gasteiger charge is 2.05. The number of nitrogens with zero attached hydrogens (tertiary/aromatic N) is 1. The largest absolute Gasteiger partial charge is 0.401 e. The Morgan fingerprint density at radius 1 is 1.38 bits per heavy atom. The summed E-state index contributed by atoms with van der Waals surface area (Å²) in [5, 5.41) is 0. The van der Waals surface area contributed by atoms with Crippen molar-refractivity contribution in [2.45, 2.75) is 13.7 Å². The number of hydrogen-bond acceptors (Lipinski definition) is 2. The van der Waals surface area contributed by atoms with Crippen LogP contribution in [0, 0.1) is 0 Å². The minimum Gasteiger partial charge on any atom is -0.401 e. The summed E-state index contributed by atoms with van der Waals surface area (Å²) in [6.07, 6.45) is 3.65. The Balaban J connectivity index is 2.44. The second kappa shape index (κ2) is 4.40. The number of carbonyl (C=O) groups is 1. The van der Waals surface area contributed by atoms with Gasteiger partial charge in [0.1, 0.15) is 0 Å². The maximum atomic E-state index is 11.0. The van der Waals surface area contributed by atoms with E-state index in [9.17, 15) is 4.79 Å². The third kappa shape index (κ3) is 3.07. The van der Waals surface area contributed by atoms with E-state index in [4.69, 9.17) is 4.74 Å². The van der Waals surface area contributed by atoms with E-state index in [0.717, 1.165) is 0 Å². The lowest BCUT2D eigenvalue weighted by atomic mass is 10.4. The van der Waals surface area contributed by atoms with E-state index in [-0.39, 0.29) is 12.7 Å². The first kappa shape index (κ1) is 9.45. The molecule has 0 unspecified atom stereocenters. The van der Waals surface area contributed by atoms with Crippen molar-refractivity contribution in [3.8, 4) is 0 Å². The minimum absolute atomic E-state index is 0.229. The molecule has 0 amide bonds. The van der Waals surface area contributed by atoms with Gasteiger partial charge in [-0.15, -0.1) is 0 Å². The number of ether oxygens (including phenoxy) is 1. The zero-order valence-corrected chi connectivity index (χ0v) is 7.56. The lowest BCUT2D eigenvalue weighted by Crippen LogP contribution is -2.35. The molecule has 1 aromatic heterocycles. The third-order valence-corrected chi connectivity index (χ3v) is 1.47. The molecule has 3 nitrogen and oxygen atoms in total. The quantitative estimate of drug-likeness (QED) is 0.393. The third-order valence-electron chi connectivity index (χ3n) is 1.47. The SMILES string of the molecule is C=C(C)C(=O)OC[n+]1ccccc1. The van der Waals surface area contributed by atoms with Gasteiger partial charge in [0.25, 0.3) is 6.73 Å². The highest BCUT2D eigenvalue weighted by Crippen LogP contribution is 1.90. The van der Waals surface area contributed by atoms with Crippen LogP contribution in [-0.4, -0.2) is 5.97 Å². The molecule has 13 heavy (non-hydrogen) atoms. The van der Waals surface area contributed by atoms with Crippen molar-refractivity contribution in [2.75, 3.05) is 0 Å². The summed E-state index contributed by atoms with van der Waals surface area (Å²) < 4.78 is 6.68. The fourth-order valence-corrected chi connectivity index (χ4v) is 0.777. The Morgan fingerprint density at radius 3 is 2.54 bits per heavy atom. The van der Waals surface area contributed by atoms with Crippen LogP contribution in [0.4, 0.5) is 0 Å². The van der Waals surface area contributed by atoms with Gasteiger partial charge in [-0.1, -0.05) is 12.6 Å². The van der Waals surface area contributed by atoms with Crippen molar-refractivity contribution < 1.29 is 14.1 Å². The molecule has 0 atom stereocenters. The van der Waals surface area contributed by atoms with Crippen LogP contribution in [-0.2, 0) is 16.3 Å². The molecule has 3 heteroatoms. The minimum atomic E-state index is -0.364. The fraction of sp³-hybridized carbons (Fsp3) is 0.200. The summed E-state index contributed by atoms with van der Waals surface area (Å²) in [4.78, 5) is 11.0. The second-order valence-electron chi connectivity index (χ2n) is 2.73. The van der Waals surface area contributed by atoms with E-state index < -0.39 is 0 Å². The van der Waals surface area contributed by atoms with Crippen molar-refractivity contribution in [2.24, 2.45) is 0 Å². The molecule has 1 rings (SSSR count). The normalized spacial score (nSPS) is 9.31. The van der Waals surface area contributed by atoms with Crippen LogP contribution < -0.4 is 4.57 Å². The molecule has 68 valence electrons. The van der Waals surface area contributed by atoms with Gasteiger partial charge in [-0.3, -0.25) is 0 Å². The smallest absolute Gasteiger partial charge is 0.337 e. The zero-order chi connectivity index (χ0) is 9.68. The zero-order valence-electron chi connectivity index (χ0n) is 7.56. The maximum Gasteiger partial charge on any atom is 0.337 e. The Labute approximate surface area is 77.3 Å². The number of pyridine rings is 1. The standard InChI is InChI=1S/C10H12NO2/c1-9(2)10(12)13-8-11-6-4-3-5-7-11/h3-7H,1,8H2,2H3/q+1. The molecule has 0 aliphatic rings. The topological polar surface area (TPSA) is 30.2 Å². The molecule has 0 saturated heterocycles. The van der Waals surface area contributed by atoms with E-state index in [0.29, 0.717) is 5.57 Å². The summed E-state index contributed by atoms with van der Waals surface area (Å²) in [5.74, 6) is -0.364. The average molecular weight is 178 g/mol. The van der Waals surface area contributed by atoms with E-state index in [1.807, 2.05) is 30.6 Å². The monoisotopic (exact) mass is 178 g/mol. The van der Waals surface area contributed by atoms with E-state index in [2.05, 4.69) is 6.58 Å². The first-order chi connectivity index (χ1) is 6.20. The van der Waals surface area contributed by atoms with Crippen molar-refractivity contribution in [3.63, 3.8) is 0 Å². The maximum absolute atomic E-state index is 11.0. The molecule has 1 aromatic rings. The Bertz CT molecular complexity index is 306. The summed E-state index contributed by atoms with van der Waals surface area (Å²) in [5.41, 5.74) is 0.413. The molecule has 1 heterocycles. The summed E-state index contributed by atoms with van der Waals surface area (Å²) in [6.45, 7) is 5.34. The molecule has 0 bridgehead atoms. The van der Waals surface area contributed by atoms with Crippen LogP contribution in [0.25, 0.3) is 0 Å². The van der Waals surface area contributed by atoms with Crippen molar-refractivity contribution in [1.29, 1.82) is 0 Å². The van der Waals surface area contributed by atoms with Gasteiger partial charge in [0, 0.05) is 17.7 Å². The number of aromatic nitrogens is 1. The van der Waals surface area contributed by atoms with Crippen molar-refractivity contribution in [3.05, 3.63) is 42.7 Å². The van der Waals surface area contributed by atoms with Gasteiger partial charge in [0.05, 0.1) is 0 Å². The molecule has 0 aromatic carbocycles. The van der Waals surface area contributed by atoms with Crippen LogP contribution in [0.5, 0.6) is 0 Å². The first-order valence-electron chi connectivity index (χ1n) is 3.97. The number of esters is 1. The summed E-state index contributed by atoms with van der Waals surface area (Å²) in [6, 6.07) is 5.64. The summed E-state index contributed by atoms with van der Waals surface area (Å²) in [7, 11) is 0. The highest BCUT2D eigenvalue weighted by molar-refractivity contribution is 5.86. The fourth-order valence-electron chi connectivity index (χ4n) is 0.777. The van der Waals surface area contributed by atoms with Crippen LogP contribution in [0.15, 0.2) is 42.7 Å². The van der Waals surface area contributed by atoms with E-state index in [1.165, 1.54) is 0 Å². The molecule has 0 radical (unpaired) electrons. The number of hydrogen-bond donors (Lipinski definition) is 0. The summed E-state index contributed by atoms with van der Waals surface area (Å²) >= 11 is 0. The molecule has 0 aliphatic carbocycles. The molecule has 0 saturated carbocycles. The molecule has 0 spiro atoms. The Hall–Kier alpha value is -1.64. The molecule has 0 fully saturated rings. The predicted octanol–water partition coefficient (Wildman–Crippen LogP) is 1.05. The van der Waals surface area contributed by atoms with Crippen molar-refractivity contribution >= 4 is 5.97 Å². The van der Waals surface area contributed by atoms with Crippen LogP contribution in [0.1, 0.15) is 6.92 Å². The second-order valence-corrected chi connectivity index (χ2v) is 2.73. The van der Waals surface area contributed by atoms with Gasteiger partial charge in [-0.2, -0.15) is 4.57 Å². The molecular formula is C10H12NO2+. The van der Waals surface area contributed by atoms with Gasteiger partial charge < -0.3 is 4.74 Å². The lowest BCUT2D eigenvalue weighted by Gasteiger charge is -1.99. The van der Waals surface area contributed by atoms with Crippen LogP contribution in [0.2, 0.25) is 0 Å². The van der Waals surface area contributed by atoms with Crippen LogP contribution in [0.3, 0.4) is 0 Å². The van der Waals surface area contributed by atoms with E-state index >= 15 is 0 Å². The molecule has 0 N–H and O–H groups in total. The molecule has 0 aliphatic heterocycles. The average Bonchev–Trinajstić information content (AvgIpc) is 2.15. The van der Waals surface area contributed by atoms with Gasteiger partial charge in [-0.05, 0) is 6.92 Å². The van der Waals surface area contributed by atoms with Crippen LogP contribution >= 0.6 is 0 Å². The van der Waals surface area contributed by atoms with Crippen molar-refractivity contribution in [1.82, 2.24) is 0 Å². The molecular weight excluding hydrogens is 166 g/mol. The highest BCUT2D eigenvalue weighted by atomic mass is 16.5. The number of rotatable bonds is 3. The Kier molecular flexibility index (Phi) is 3.20. The van der Waals surface area contributed by atoms with Gasteiger partial charge >= 0.3 is 5.97 Å². The number of carbonyl (C=O) groups excluding carboxylic acids is 1. The van der Waals surface area contributed by atoms with Gasteiger partial charge in [-0.25, -0.2) is 4.79 Å².